The van der Waals surface area contributed by atoms with E-state index >= 15 is 0 Å². The summed E-state index contributed by atoms with van der Waals surface area (Å²) in [5, 5.41) is 0. The second kappa shape index (κ2) is 7.29. The van der Waals surface area contributed by atoms with Gasteiger partial charge >= 0.3 is 0 Å². The van der Waals surface area contributed by atoms with Crippen LogP contribution in [0, 0.1) is 5.92 Å². The van der Waals surface area contributed by atoms with E-state index in [1.165, 1.54) is 0 Å². The molecule has 0 aliphatic carbocycles. The van der Waals surface area contributed by atoms with Crippen molar-refractivity contribution in [1.82, 2.24) is 0 Å². The molecule has 2 N–H and O–H groups in total. The highest BCUT2D eigenvalue weighted by Gasteiger charge is 1.91. The van der Waals surface area contributed by atoms with Gasteiger partial charge in [0.1, 0.15) is 0 Å². The predicted octanol–water partition coefficient (Wildman–Crippen LogP) is 2.27. The van der Waals surface area contributed by atoms with Crippen LogP contribution in [0.3, 0.4) is 0 Å². The van der Waals surface area contributed by atoms with Gasteiger partial charge in [-0.3, -0.25) is 0 Å². The molecule has 0 aliphatic heterocycles. The Kier molecular flexibility index (Phi) is 6.75. The van der Waals surface area contributed by atoms with E-state index in [-0.39, 0.29) is 0 Å². The summed E-state index contributed by atoms with van der Waals surface area (Å²) in [4.78, 5) is 0. The Morgan fingerprint density at radius 1 is 1.36 bits per heavy atom. The van der Waals surface area contributed by atoms with Gasteiger partial charge in [-0.15, -0.1) is 0 Å². The van der Waals surface area contributed by atoms with Crippen molar-refractivity contribution in [3.05, 3.63) is 37.0 Å². The lowest BCUT2D eigenvalue weighted by atomic mass is 10.1. The number of hydrogen-bond donors (Lipinski definition) is 1. The van der Waals surface area contributed by atoms with Gasteiger partial charge in [-0.2, -0.15) is 0 Å². The van der Waals surface area contributed by atoms with Crippen molar-refractivity contribution in [3.63, 3.8) is 0 Å². The largest absolute Gasteiger partial charge is 0.330 e. The second-order valence-corrected chi connectivity index (χ2v) is 2.56. The van der Waals surface area contributed by atoms with Crippen LogP contribution < -0.4 is 5.73 Å². The highest BCUT2D eigenvalue weighted by atomic mass is 14.5. The molecule has 1 atom stereocenters. The summed E-state index contributed by atoms with van der Waals surface area (Å²) in [5.74, 6) is 0.578. The van der Waals surface area contributed by atoms with E-state index in [4.69, 9.17) is 5.73 Å². The Bertz CT molecular complexity index is 145. The van der Waals surface area contributed by atoms with E-state index in [1.54, 1.807) is 6.08 Å². The fourth-order valence-corrected chi connectivity index (χ4v) is 0.756. The molecule has 0 aromatic heterocycles. The third-order valence-corrected chi connectivity index (χ3v) is 1.42. The van der Waals surface area contributed by atoms with E-state index in [2.05, 4.69) is 19.6 Å². The Balaban J connectivity index is 3.54. The molecule has 0 heterocycles. The zero-order valence-electron chi connectivity index (χ0n) is 7.16. The number of rotatable bonds is 5. The molecular weight excluding hydrogens is 134 g/mol. The number of nitrogens with two attached hydrogens (primary N) is 1. The summed E-state index contributed by atoms with van der Waals surface area (Å²) in [6, 6.07) is 0. The number of hydrogen-bond acceptors (Lipinski definition) is 1. The van der Waals surface area contributed by atoms with Crippen LogP contribution in [0.15, 0.2) is 37.0 Å². The van der Waals surface area contributed by atoms with E-state index in [1.807, 2.05) is 18.2 Å². The van der Waals surface area contributed by atoms with Crippen molar-refractivity contribution in [3.8, 4) is 0 Å². The van der Waals surface area contributed by atoms with Crippen LogP contribution in [-0.2, 0) is 0 Å². The maximum Gasteiger partial charge on any atom is -0.00718 e. The summed E-state index contributed by atoms with van der Waals surface area (Å²) in [5.41, 5.74) is 5.39. The molecule has 0 saturated heterocycles. The van der Waals surface area contributed by atoms with E-state index < -0.39 is 0 Å². The molecule has 0 saturated carbocycles. The topological polar surface area (TPSA) is 26.0 Å². The van der Waals surface area contributed by atoms with Crippen LogP contribution in [0.4, 0.5) is 0 Å². The molecule has 62 valence electrons. The average Bonchev–Trinajstić information content (AvgIpc) is 1.99. The van der Waals surface area contributed by atoms with Gasteiger partial charge in [0.2, 0.25) is 0 Å². The average molecular weight is 151 g/mol. The lowest BCUT2D eigenvalue weighted by Crippen LogP contribution is -2.03. The monoisotopic (exact) mass is 151 g/mol. The minimum Gasteiger partial charge on any atom is -0.330 e. The maximum atomic E-state index is 5.39. The van der Waals surface area contributed by atoms with Crippen molar-refractivity contribution in [2.24, 2.45) is 11.7 Å². The summed E-state index contributed by atoms with van der Waals surface area (Å²) >= 11 is 0. The maximum absolute atomic E-state index is 5.39. The molecule has 0 radical (unpaired) electrons. The van der Waals surface area contributed by atoms with Gasteiger partial charge in [0, 0.05) is 0 Å². The summed E-state index contributed by atoms with van der Waals surface area (Å²) in [7, 11) is 0. The Morgan fingerprint density at radius 3 is 2.64 bits per heavy atom. The number of allylic oxidation sites excluding steroid dienone is 5. The molecular formula is C10H17N. The van der Waals surface area contributed by atoms with Crippen molar-refractivity contribution in [2.75, 3.05) is 6.54 Å². The van der Waals surface area contributed by atoms with Gasteiger partial charge in [0.25, 0.3) is 0 Å². The van der Waals surface area contributed by atoms with Crippen LogP contribution in [0.2, 0.25) is 0 Å². The molecule has 1 unspecified atom stereocenters. The third-order valence-electron chi connectivity index (χ3n) is 1.42. The van der Waals surface area contributed by atoms with Gasteiger partial charge in [-0.05, 0) is 18.9 Å². The normalized spacial score (nSPS) is 14.4. The van der Waals surface area contributed by atoms with Crippen LogP contribution in [0.1, 0.15) is 13.3 Å². The predicted molar refractivity (Wildman–Crippen MR) is 51.3 cm³/mol. The first-order valence-corrected chi connectivity index (χ1v) is 3.97. The Labute approximate surface area is 69.3 Å². The molecule has 1 heteroatoms. The molecule has 1 nitrogen and oxygen atoms in total. The van der Waals surface area contributed by atoms with Crippen LogP contribution >= 0.6 is 0 Å². The molecule has 0 aliphatic rings. The van der Waals surface area contributed by atoms with Crippen molar-refractivity contribution < 1.29 is 0 Å². The zero-order chi connectivity index (χ0) is 8.53. The molecule has 11 heavy (non-hydrogen) atoms. The highest BCUT2D eigenvalue weighted by Crippen LogP contribution is 2.01. The molecule has 0 spiro atoms. The Hall–Kier alpha value is -0.820. The van der Waals surface area contributed by atoms with E-state index in [0.717, 1.165) is 13.0 Å². The quantitative estimate of drug-likeness (QED) is 0.599. The molecule has 0 aromatic rings. The van der Waals surface area contributed by atoms with Crippen molar-refractivity contribution in [2.45, 2.75) is 13.3 Å². The van der Waals surface area contributed by atoms with Gasteiger partial charge < -0.3 is 5.73 Å². The minimum atomic E-state index is 0.578. The second-order valence-electron chi connectivity index (χ2n) is 2.56. The van der Waals surface area contributed by atoms with Gasteiger partial charge in [-0.1, -0.05) is 43.9 Å². The van der Waals surface area contributed by atoms with Crippen molar-refractivity contribution in [1.29, 1.82) is 0 Å². The van der Waals surface area contributed by atoms with Gasteiger partial charge in [-0.25, -0.2) is 0 Å². The molecule has 0 rings (SSSR count). The standard InChI is InChI=1S/C10H17N/c1-3-4-5-6-7-10(2)8-9-11/h3-7,10H,1,8-9,11H2,2H3/b5-4-,7-6-. The molecule has 0 amide bonds. The lowest BCUT2D eigenvalue weighted by Gasteiger charge is -2.00. The third kappa shape index (κ3) is 7.07. The lowest BCUT2D eigenvalue weighted by molar-refractivity contribution is 0.658. The summed E-state index contributed by atoms with van der Waals surface area (Å²) in [6.07, 6.45) is 10.9. The van der Waals surface area contributed by atoms with E-state index in [0.29, 0.717) is 5.92 Å². The van der Waals surface area contributed by atoms with Gasteiger partial charge in [0.15, 0.2) is 0 Å². The van der Waals surface area contributed by atoms with Gasteiger partial charge in [0.05, 0.1) is 0 Å². The minimum absolute atomic E-state index is 0.578. The first-order chi connectivity index (χ1) is 5.31. The molecule has 0 aromatic carbocycles. The highest BCUT2D eigenvalue weighted by molar-refractivity contribution is 5.09. The summed E-state index contributed by atoms with van der Waals surface area (Å²) in [6.45, 7) is 6.49. The zero-order valence-corrected chi connectivity index (χ0v) is 7.16. The first-order valence-electron chi connectivity index (χ1n) is 3.97. The Morgan fingerprint density at radius 2 is 2.09 bits per heavy atom. The van der Waals surface area contributed by atoms with E-state index in [9.17, 15) is 0 Å². The molecule has 0 bridgehead atoms. The fraction of sp³-hybridized carbons (Fsp3) is 0.400. The van der Waals surface area contributed by atoms with Crippen LogP contribution in [-0.4, -0.2) is 6.54 Å². The fourth-order valence-electron chi connectivity index (χ4n) is 0.756. The van der Waals surface area contributed by atoms with Crippen LogP contribution in [0.5, 0.6) is 0 Å². The van der Waals surface area contributed by atoms with Crippen molar-refractivity contribution >= 4 is 0 Å². The SMILES string of the molecule is C=C/C=C\C=C/C(C)CCN. The smallest absolute Gasteiger partial charge is 0.00718 e. The van der Waals surface area contributed by atoms with Crippen LogP contribution in [0.25, 0.3) is 0 Å². The summed E-state index contributed by atoms with van der Waals surface area (Å²) < 4.78 is 0. The molecule has 0 fully saturated rings. The first kappa shape index (κ1) is 10.2.